The number of aryl methyl sites for hydroxylation is 1. The molecule has 3 aromatic rings. The van der Waals surface area contributed by atoms with Gasteiger partial charge in [-0.15, -0.1) is 0 Å². The standard InChI is InChI=1S/C21H27N7O2/c1-13-12-29-8-7-28(13)17-9-18(27-10-14-3-4-15(11-27)30-14)23-20-19(17)25-26(2)21(20)16-5-6-22-24-16/h5-6,9,13-15H,3-4,7-8,10-12H2,1-2H3,(H,22,24)/t13-,14?,15?/m1/s1. The molecule has 3 aromatic heterocycles. The Morgan fingerprint density at radius 3 is 2.73 bits per heavy atom. The third-order valence-electron chi connectivity index (χ3n) is 6.56. The summed E-state index contributed by atoms with van der Waals surface area (Å²) in [6.07, 6.45) is 4.68. The van der Waals surface area contributed by atoms with E-state index in [1.165, 1.54) is 0 Å². The molecule has 2 bridgehead atoms. The van der Waals surface area contributed by atoms with E-state index >= 15 is 0 Å². The fourth-order valence-electron chi connectivity index (χ4n) is 5.09. The van der Waals surface area contributed by atoms with Crippen LogP contribution in [0.1, 0.15) is 19.8 Å². The number of nitrogens with zero attached hydrogens (tertiary/aromatic N) is 6. The highest BCUT2D eigenvalue weighted by Crippen LogP contribution is 2.37. The molecule has 3 aliphatic heterocycles. The van der Waals surface area contributed by atoms with Gasteiger partial charge in [-0.1, -0.05) is 0 Å². The van der Waals surface area contributed by atoms with Gasteiger partial charge in [0.1, 0.15) is 22.5 Å². The van der Waals surface area contributed by atoms with Crippen molar-refractivity contribution in [2.75, 3.05) is 42.6 Å². The number of rotatable bonds is 3. The summed E-state index contributed by atoms with van der Waals surface area (Å²) in [4.78, 5) is 9.94. The van der Waals surface area contributed by atoms with Crippen LogP contribution in [0.15, 0.2) is 18.3 Å². The maximum atomic E-state index is 6.06. The van der Waals surface area contributed by atoms with Gasteiger partial charge in [0.15, 0.2) is 0 Å². The van der Waals surface area contributed by atoms with Gasteiger partial charge in [0.05, 0.1) is 36.8 Å². The van der Waals surface area contributed by atoms with Gasteiger partial charge in [-0.25, -0.2) is 4.98 Å². The van der Waals surface area contributed by atoms with Crippen molar-refractivity contribution in [1.29, 1.82) is 0 Å². The van der Waals surface area contributed by atoms with E-state index in [-0.39, 0.29) is 6.04 Å². The fourth-order valence-corrected chi connectivity index (χ4v) is 5.09. The summed E-state index contributed by atoms with van der Waals surface area (Å²) in [6, 6.07) is 4.48. The minimum atomic E-state index is 0.288. The number of hydrogen-bond donors (Lipinski definition) is 1. The summed E-state index contributed by atoms with van der Waals surface area (Å²) in [5, 5.41) is 12.1. The van der Waals surface area contributed by atoms with Crippen LogP contribution in [0.3, 0.4) is 0 Å². The lowest BCUT2D eigenvalue weighted by Crippen LogP contribution is -2.45. The van der Waals surface area contributed by atoms with Crippen molar-refractivity contribution in [3.8, 4) is 11.4 Å². The zero-order valence-electron chi connectivity index (χ0n) is 17.4. The van der Waals surface area contributed by atoms with Crippen molar-refractivity contribution in [3.05, 3.63) is 18.3 Å². The number of ether oxygens (including phenoxy) is 2. The lowest BCUT2D eigenvalue weighted by molar-refractivity contribution is 0.0302. The van der Waals surface area contributed by atoms with Gasteiger partial charge in [-0.3, -0.25) is 9.78 Å². The molecule has 3 atom stereocenters. The Bertz CT molecular complexity index is 1050. The molecule has 6 rings (SSSR count). The first-order chi connectivity index (χ1) is 14.7. The molecule has 2 unspecified atom stereocenters. The minimum Gasteiger partial charge on any atom is -0.377 e. The molecule has 6 heterocycles. The SMILES string of the molecule is C[C@@H]1COCCN1c1cc(N2CC3CCC(C2)O3)nc2c(-c3ccn[nH]3)n(C)nc12. The molecular weight excluding hydrogens is 382 g/mol. The lowest BCUT2D eigenvalue weighted by atomic mass is 10.1. The summed E-state index contributed by atoms with van der Waals surface area (Å²) in [6.45, 7) is 6.30. The van der Waals surface area contributed by atoms with Gasteiger partial charge in [0, 0.05) is 45.0 Å². The molecule has 1 N–H and O–H groups in total. The van der Waals surface area contributed by atoms with Gasteiger partial charge in [0.25, 0.3) is 0 Å². The number of H-pyrrole nitrogens is 1. The smallest absolute Gasteiger partial charge is 0.135 e. The zero-order valence-corrected chi connectivity index (χ0v) is 17.4. The molecule has 3 saturated heterocycles. The minimum absolute atomic E-state index is 0.288. The Kier molecular flexibility index (Phi) is 4.21. The van der Waals surface area contributed by atoms with Crippen LogP contribution in [-0.2, 0) is 16.5 Å². The van der Waals surface area contributed by atoms with Crippen molar-refractivity contribution in [2.45, 2.75) is 38.0 Å². The molecule has 0 spiro atoms. The Balaban J connectivity index is 1.53. The lowest BCUT2D eigenvalue weighted by Gasteiger charge is -2.37. The number of hydrogen-bond acceptors (Lipinski definition) is 7. The van der Waals surface area contributed by atoms with Crippen LogP contribution in [0.5, 0.6) is 0 Å². The van der Waals surface area contributed by atoms with Crippen molar-refractivity contribution in [1.82, 2.24) is 25.0 Å². The highest BCUT2D eigenvalue weighted by atomic mass is 16.5. The molecular formula is C21H27N7O2. The van der Waals surface area contributed by atoms with Crippen LogP contribution >= 0.6 is 0 Å². The summed E-state index contributed by atoms with van der Waals surface area (Å²) in [7, 11) is 1.97. The molecule has 0 aliphatic carbocycles. The number of morpholine rings is 2. The van der Waals surface area contributed by atoms with Crippen LogP contribution in [0.25, 0.3) is 22.4 Å². The van der Waals surface area contributed by atoms with Crippen LogP contribution in [-0.4, -0.2) is 76.1 Å². The molecule has 3 fully saturated rings. The first-order valence-electron chi connectivity index (χ1n) is 10.8. The van der Waals surface area contributed by atoms with Gasteiger partial charge in [-0.05, 0) is 25.8 Å². The van der Waals surface area contributed by atoms with Crippen molar-refractivity contribution < 1.29 is 9.47 Å². The van der Waals surface area contributed by atoms with E-state index in [2.05, 4.69) is 33.0 Å². The number of pyridine rings is 1. The van der Waals surface area contributed by atoms with E-state index in [1.54, 1.807) is 6.20 Å². The molecule has 0 saturated carbocycles. The Hall–Kier alpha value is -2.65. The molecule has 9 heteroatoms. The average Bonchev–Trinajstić information content (AvgIpc) is 3.46. The first-order valence-corrected chi connectivity index (χ1v) is 10.8. The Morgan fingerprint density at radius 2 is 2.00 bits per heavy atom. The van der Waals surface area contributed by atoms with E-state index in [9.17, 15) is 0 Å². The zero-order chi connectivity index (χ0) is 20.2. The topological polar surface area (TPSA) is 84.3 Å². The first kappa shape index (κ1) is 18.1. The van der Waals surface area contributed by atoms with Gasteiger partial charge in [-0.2, -0.15) is 10.2 Å². The van der Waals surface area contributed by atoms with Crippen LogP contribution in [0.2, 0.25) is 0 Å². The fraction of sp³-hybridized carbons (Fsp3) is 0.571. The van der Waals surface area contributed by atoms with E-state index in [1.807, 2.05) is 17.8 Å². The molecule has 9 nitrogen and oxygen atoms in total. The van der Waals surface area contributed by atoms with Crippen molar-refractivity contribution >= 4 is 22.5 Å². The van der Waals surface area contributed by atoms with Gasteiger partial charge >= 0.3 is 0 Å². The second kappa shape index (κ2) is 6.95. The Labute approximate surface area is 175 Å². The second-order valence-corrected chi connectivity index (χ2v) is 8.62. The summed E-state index contributed by atoms with van der Waals surface area (Å²) < 4.78 is 13.7. The van der Waals surface area contributed by atoms with Crippen LogP contribution in [0, 0.1) is 0 Å². The van der Waals surface area contributed by atoms with E-state index < -0.39 is 0 Å². The number of aromatic nitrogens is 5. The second-order valence-electron chi connectivity index (χ2n) is 8.62. The van der Waals surface area contributed by atoms with E-state index in [4.69, 9.17) is 19.6 Å². The quantitative estimate of drug-likeness (QED) is 0.708. The number of nitrogens with one attached hydrogen (secondary N) is 1. The van der Waals surface area contributed by atoms with Crippen LogP contribution < -0.4 is 9.80 Å². The summed E-state index contributed by atoms with van der Waals surface area (Å²) in [5.74, 6) is 1.00. The molecule has 30 heavy (non-hydrogen) atoms. The molecule has 0 radical (unpaired) electrons. The van der Waals surface area contributed by atoms with Crippen molar-refractivity contribution in [2.24, 2.45) is 7.05 Å². The number of fused-ring (bicyclic) bond motifs is 3. The predicted molar refractivity (Wildman–Crippen MR) is 114 cm³/mol. The predicted octanol–water partition coefficient (Wildman–Crippen LogP) is 1.95. The number of anilines is 2. The number of aromatic amines is 1. The molecule has 158 valence electrons. The highest BCUT2D eigenvalue weighted by Gasteiger charge is 2.35. The van der Waals surface area contributed by atoms with Crippen LogP contribution in [0.4, 0.5) is 11.5 Å². The molecule has 0 amide bonds. The summed E-state index contributed by atoms with van der Waals surface area (Å²) >= 11 is 0. The average molecular weight is 409 g/mol. The maximum absolute atomic E-state index is 6.06. The van der Waals surface area contributed by atoms with E-state index in [0.29, 0.717) is 12.2 Å². The summed E-state index contributed by atoms with van der Waals surface area (Å²) in [5.41, 5.74) is 4.85. The van der Waals surface area contributed by atoms with Gasteiger partial charge in [0.2, 0.25) is 0 Å². The Morgan fingerprint density at radius 1 is 1.17 bits per heavy atom. The van der Waals surface area contributed by atoms with Gasteiger partial charge < -0.3 is 19.3 Å². The van der Waals surface area contributed by atoms with E-state index in [0.717, 1.165) is 79.6 Å². The largest absolute Gasteiger partial charge is 0.377 e. The maximum Gasteiger partial charge on any atom is 0.135 e. The molecule has 0 aromatic carbocycles. The third kappa shape index (κ3) is 2.87. The normalized spacial score (nSPS) is 26.7. The monoisotopic (exact) mass is 409 g/mol. The molecule has 3 aliphatic rings. The highest BCUT2D eigenvalue weighted by molar-refractivity contribution is 5.98. The third-order valence-corrected chi connectivity index (χ3v) is 6.56. The van der Waals surface area contributed by atoms with Crippen molar-refractivity contribution in [3.63, 3.8) is 0 Å².